The van der Waals surface area contributed by atoms with E-state index in [0.717, 1.165) is 123 Å². The van der Waals surface area contributed by atoms with Crippen molar-refractivity contribution in [2.75, 3.05) is 131 Å². The molecular formula is C76H81Cl14N27O3. The Hall–Kier alpha value is -7.54. The minimum absolute atomic E-state index is 0. The van der Waals surface area contributed by atoms with Crippen molar-refractivity contribution in [3.63, 3.8) is 0 Å². The number of rotatable bonds is 14. The van der Waals surface area contributed by atoms with Gasteiger partial charge in [-0.1, -0.05) is 218 Å². The number of aromatic nitrogens is 20. The van der Waals surface area contributed by atoms with Crippen molar-refractivity contribution in [3.05, 3.63) is 180 Å². The number of aliphatic hydroxyl groups excluding tert-OH is 1. The van der Waals surface area contributed by atoms with Crippen LogP contribution in [0.25, 0.3) is 55.8 Å². The Balaban J connectivity index is 0.000000162. The van der Waals surface area contributed by atoms with Crippen molar-refractivity contribution < 1.29 is 14.6 Å². The second-order valence-electron chi connectivity index (χ2n) is 25.6. The molecule has 0 spiro atoms. The van der Waals surface area contributed by atoms with E-state index >= 15 is 0 Å². The van der Waals surface area contributed by atoms with Crippen LogP contribution in [0.2, 0.25) is 72.8 Å². The molecule has 0 unspecified atom stereocenters. The van der Waals surface area contributed by atoms with Crippen molar-refractivity contribution in [2.45, 2.75) is 73.6 Å². The third-order valence-corrected chi connectivity index (χ3v) is 21.0. The van der Waals surface area contributed by atoms with Crippen molar-refractivity contribution in [2.24, 2.45) is 0 Å². The lowest BCUT2D eigenvalue weighted by Gasteiger charge is -2.32. The summed E-state index contributed by atoms with van der Waals surface area (Å²) in [6.45, 7) is 15.5. The molecule has 6 aliphatic rings. The molecule has 44 heteroatoms. The summed E-state index contributed by atoms with van der Waals surface area (Å²) in [5.41, 5.74) is 7.69. The molecule has 636 valence electrons. The van der Waals surface area contributed by atoms with Gasteiger partial charge in [0.2, 0.25) is 26.4 Å². The summed E-state index contributed by atoms with van der Waals surface area (Å²) >= 11 is 82.2. The summed E-state index contributed by atoms with van der Waals surface area (Å²) in [6.07, 6.45) is 8.13. The Morgan fingerprint density at radius 2 is 0.517 bits per heavy atom. The smallest absolute Gasteiger partial charge is 0.254 e. The van der Waals surface area contributed by atoms with Crippen LogP contribution in [0.3, 0.4) is 0 Å². The third kappa shape index (κ3) is 27.0. The molecular weight excluding hydrogens is 1840 g/mol. The van der Waals surface area contributed by atoms with E-state index in [0.29, 0.717) is 81.1 Å². The lowest BCUT2D eigenvalue weighted by molar-refractivity contribution is 0.299. The number of nitrogens with one attached hydrogen (secondary N) is 3. The molecule has 0 saturated carbocycles. The summed E-state index contributed by atoms with van der Waals surface area (Å²) < 4.78 is 11.4. The molecule has 0 amide bonds. The molecule has 6 aliphatic heterocycles. The van der Waals surface area contributed by atoms with Gasteiger partial charge in [0.1, 0.15) is 5.52 Å². The van der Waals surface area contributed by atoms with E-state index in [1.807, 2.05) is 91.0 Å². The maximum absolute atomic E-state index is 8.52. The number of hydrogen-bond acceptors (Lipinski definition) is 30. The highest BCUT2D eigenvalue weighted by Gasteiger charge is 2.28. The van der Waals surface area contributed by atoms with Crippen molar-refractivity contribution in [3.8, 4) is 11.8 Å². The molecule has 0 aliphatic carbocycles. The molecule has 13 aromatic rings. The van der Waals surface area contributed by atoms with E-state index in [2.05, 4.69) is 135 Å². The topological polar surface area (TPSA) is 346 Å². The first kappa shape index (κ1) is 96.3. The fraction of sp³-hybridized carbons (Fsp3) is 0.368. The van der Waals surface area contributed by atoms with Crippen molar-refractivity contribution in [1.82, 2.24) is 116 Å². The number of fused-ring (bicyclic) bond motifs is 5. The van der Waals surface area contributed by atoms with E-state index < -0.39 is 0 Å². The van der Waals surface area contributed by atoms with Gasteiger partial charge in [0.05, 0.1) is 13.2 Å². The molecule has 0 radical (unpaired) electrons. The highest BCUT2D eigenvalue weighted by atomic mass is 35.5. The summed E-state index contributed by atoms with van der Waals surface area (Å²) in [4.78, 5) is 90.6. The zero-order valence-electron chi connectivity index (χ0n) is 61.6. The maximum atomic E-state index is 8.52. The van der Waals surface area contributed by atoms with Gasteiger partial charge in [-0.25, -0.2) is 44.9 Å². The van der Waals surface area contributed by atoms with Gasteiger partial charge >= 0.3 is 0 Å². The number of halogens is 14. The summed E-state index contributed by atoms with van der Waals surface area (Å²) in [6, 6.07) is 30.1. The third-order valence-electron chi connectivity index (χ3n) is 17.5. The van der Waals surface area contributed by atoms with Crippen LogP contribution in [-0.2, 0) is 19.3 Å². The predicted octanol–water partition coefficient (Wildman–Crippen LogP) is 17.6. The van der Waals surface area contributed by atoms with Crippen molar-refractivity contribution in [1.29, 1.82) is 0 Å². The summed E-state index contributed by atoms with van der Waals surface area (Å²) in [7, 11) is 0. The van der Waals surface area contributed by atoms with Crippen LogP contribution in [0.5, 0.6) is 11.8 Å². The average Bonchev–Trinajstić information content (AvgIpc) is 0.717. The molecule has 16 heterocycles. The molecule has 0 atom stereocenters. The number of nitrogens with zero attached hydrogens (tertiary/aromatic N) is 24. The van der Waals surface area contributed by atoms with E-state index in [1.165, 1.54) is 36.2 Å². The van der Waals surface area contributed by atoms with Gasteiger partial charge in [-0.15, -0.1) is 0 Å². The SMILES string of the molecule is C.C.C.C1CNC1.C1CNCCN1.Clc1nc(Cl)c2nc(Cl)c(Cl)nc2n1.Clc1nc(N2CCC2)c2nc(Cl)c(Cl)nc2n1.Clc1nc(N2CCC2)c2nc(Cl)c(Cl)nc2n1.Clc1nc(N2CCC2)c2nc(Cl)c(OCCc3ccccc3)nc2n1.Clc1nc(N2CCC2)c2nc(Cl)c(OCCc3ccccc3)nc2n1.OCCc1ccccc1. The average molecular weight is 1920 g/mol. The number of benzene rings is 3. The highest BCUT2D eigenvalue weighted by molar-refractivity contribution is 6.42. The molecule has 30 nitrogen and oxygen atoms in total. The van der Waals surface area contributed by atoms with Gasteiger partial charge in [-0.3, -0.25) is 0 Å². The zero-order chi connectivity index (χ0) is 82.3. The Labute approximate surface area is 762 Å². The van der Waals surface area contributed by atoms with Crippen LogP contribution >= 0.6 is 162 Å². The van der Waals surface area contributed by atoms with Crippen LogP contribution in [0.15, 0.2) is 91.0 Å². The van der Waals surface area contributed by atoms with E-state index in [-0.39, 0.29) is 125 Å². The van der Waals surface area contributed by atoms with Gasteiger partial charge in [0.25, 0.3) is 11.8 Å². The summed E-state index contributed by atoms with van der Waals surface area (Å²) in [5.74, 6) is 3.19. The first-order valence-corrected chi connectivity index (χ1v) is 41.8. The lowest BCUT2D eigenvalue weighted by Crippen LogP contribution is -2.39. The van der Waals surface area contributed by atoms with Crippen molar-refractivity contribution >= 4 is 242 Å². The molecule has 4 N–H and O–H groups in total. The minimum atomic E-state index is -0.0183. The van der Waals surface area contributed by atoms with Crippen LogP contribution in [0.1, 0.15) is 71.1 Å². The first-order chi connectivity index (χ1) is 56.7. The second kappa shape index (κ2) is 47.9. The quantitative estimate of drug-likeness (QED) is 0.0580. The molecule has 0 bridgehead atoms. The first-order valence-electron chi connectivity index (χ1n) is 36.5. The molecule has 6 fully saturated rings. The molecule has 120 heavy (non-hydrogen) atoms. The van der Waals surface area contributed by atoms with Gasteiger partial charge in [0, 0.05) is 98.0 Å². The van der Waals surface area contributed by atoms with Crippen LogP contribution in [0, 0.1) is 0 Å². The largest absolute Gasteiger partial charge is 0.475 e. The molecule has 10 aromatic heterocycles. The Morgan fingerprint density at radius 3 is 0.783 bits per heavy atom. The highest BCUT2D eigenvalue weighted by Crippen LogP contribution is 2.36. The van der Waals surface area contributed by atoms with Crippen LogP contribution in [0.4, 0.5) is 23.3 Å². The predicted molar refractivity (Wildman–Crippen MR) is 485 cm³/mol. The van der Waals surface area contributed by atoms with E-state index in [9.17, 15) is 0 Å². The monoisotopic (exact) mass is 1910 g/mol. The van der Waals surface area contributed by atoms with Gasteiger partial charge in [0.15, 0.2) is 120 Å². The summed E-state index contributed by atoms with van der Waals surface area (Å²) in [5, 5.41) is 19.7. The molecule has 3 aromatic carbocycles. The Morgan fingerprint density at radius 1 is 0.267 bits per heavy atom. The maximum Gasteiger partial charge on any atom is 0.254 e. The van der Waals surface area contributed by atoms with Gasteiger partial charge in [-0.05, 0) is 126 Å². The van der Waals surface area contributed by atoms with Crippen LogP contribution in [-0.4, -0.2) is 216 Å². The number of anilines is 4. The second-order valence-corrected chi connectivity index (χ2v) is 30.5. The normalized spacial score (nSPS) is 14.0. The molecule has 6 saturated heterocycles. The Kier molecular flexibility index (Phi) is 38.5. The zero-order valence-corrected chi connectivity index (χ0v) is 72.2. The number of aliphatic hydroxyl groups is 1. The Bertz CT molecular complexity index is 5240. The number of ether oxygens (including phenoxy) is 2. The number of hydrogen-bond donors (Lipinski definition) is 4. The van der Waals surface area contributed by atoms with Gasteiger partial charge in [-0.2, -0.15) is 54.8 Å². The number of piperazine rings is 1. The fourth-order valence-electron chi connectivity index (χ4n) is 10.9. The van der Waals surface area contributed by atoms with E-state index in [1.54, 1.807) is 0 Å². The molecule has 19 rings (SSSR count). The van der Waals surface area contributed by atoms with E-state index in [4.69, 9.17) is 177 Å². The van der Waals surface area contributed by atoms with Gasteiger partial charge < -0.3 is 50.1 Å². The standard InChI is InChI=1S/2C17H15Cl2N5O.2C9H6Cl3N5.C8H10O.C6Cl4N4.C4H10N2.C3H7N.3CH4/c2*18-13-16(25-10-7-11-5-2-1-3-6-11)21-14-12(20-13)15(23-17(19)22-14)24-8-4-9-24;2*10-5-6(11)14-7-4(13-5)8(16-9(12)15-7)17-2-1-3-17;9-7-6-8-4-2-1-3-5-8;7-2-1-5(14-6(10)13-2)12-4(9)3(8)11-1;1-2-6-4-3-5-1;1-2-4-3-1;;;/h2*1-3,5-6H,4,7-10H2;2*1-3H2;1-5,9H,6-7H2;;5-6H,1-4H2;4H,1-3H2;3*1H4. The minimum Gasteiger partial charge on any atom is -0.475 e. The van der Waals surface area contributed by atoms with Crippen LogP contribution < -0.4 is 45.0 Å². The fourth-order valence-corrected chi connectivity index (χ4v) is 13.0. The lowest BCUT2D eigenvalue weighted by atomic mass is 10.2.